The SMILES string of the molecule is CC(=O)c1onc(OCCN(C)S)c1Sc1ccccc1. The largest absolute Gasteiger partial charge is 0.473 e. The highest BCUT2D eigenvalue weighted by molar-refractivity contribution is 7.99. The molecule has 1 aromatic carbocycles. The molecule has 112 valence electrons. The lowest BCUT2D eigenvalue weighted by molar-refractivity contribution is 0.0974. The van der Waals surface area contributed by atoms with E-state index in [4.69, 9.17) is 9.26 Å². The van der Waals surface area contributed by atoms with Crippen LogP contribution < -0.4 is 4.74 Å². The fraction of sp³-hybridized carbons (Fsp3) is 0.286. The fourth-order valence-electron chi connectivity index (χ4n) is 1.55. The Morgan fingerprint density at radius 3 is 2.76 bits per heavy atom. The Morgan fingerprint density at radius 2 is 2.14 bits per heavy atom. The van der Waals surface area contributed by atoms with Crippen molar-refractivity contribution in [3.63, 3.8) is 0 Å². The van der Waals surface area contributed by atoms with Gasteiger partial charge in [-0.3, -0.25) is 9.10 Å². The summed E-state index contributed by atoms with van der Waals surface area (Å²) in [6.45, 7) is 2.48. The number of benzene rings is 1. The fourth-order valence-corrected chi connectivity index (χ4v) is 2.62. The standard InChI is InChI=1S/C14H16N2O3S2/c1-10(17)12-13(21-11-6-4-3-5-7-11)14(15-19-12)18-9-8-16(2)20/h3-7,20H,8-9H2,1-2H3. The van der Waals surface area contributed by atoms with E-state index >= 15 is 0 Å². The normalized spacial score (nSPS) is 10.9. The summed E-state index contributed by atoms with van der Waals surface area (Å²) >= 11 is 5.54. The Balaban J connectivity index is 2.19. The Kier molecular flexibility index (Phi) is 5.72. The van der Waals surface area contributed by atoms with E-state index in [-0.39, 0.29) is 11.5 Å². The van der Waals surface area contributed by atoms with Crippen LogP contribution in [0.4, 0.5) is 0 Å². The maximum atomic E-state index is 11.6. The second-order valence-electron chi connectivity index (χ2n) is 4.35. The number of carbonyl (C=O) groups excluding carboxylic acids is 1. The summed E-state index contributed by atoms with van der Waals surface area (Å²) in [6.07, 6.45) is 0. The molecule has 0 saturated carbocycles. The first-order valence-corrected chi connectivity index (χ1v) is 7.56. The van der Waals surface area contributed by atoms with E-state index in [9.17, 15) is 4.79 Å². The van der Waals surface area contributed by atoms with Gasteiger partial charge in [0.15, 0.2) is 5.78 Å². The van der Waals surface area contributed by atoms with Crippen LogP contribution in [0.15, 0.2) is 44.6 Å². The van der Waals surface area contributed by atoms with Gasteiger partial charge in [0.25, 0.3) is 5.88 Å². The van der Waals surface area contributed by atoms with Crippen molar-refractivity contribution >= 4 is 30.4 Å². The summed E-state index contributed by atoms with van der Waals surface area (Å²) < 4.78 is 12.4. The van der Waals surface area contributed by atoms with Crippen LogP contribution >= 0.6 is 24.6 Å². The van der Waals surface area contributed by atoms with Gasteiger partial charge in [0, 0.05) is 18.4 Å². The molecule has 0 aliphatic carbocycles. The summed E-state index contributed by atoms with van der Waals surface area (Å²) in [5.41, 5.74) is 0. The molecule has 0 unspecified atom stereocenters. The summed E-state index contributed by atoms with van der Waals surface area (Å²) in [5, 5.41) is 3.85. The number of ketones is 1. The van der Waals surface area contributed by atoms with Crippen molar-refractivity contribution in [2.24, 2.45) is 0 Å². The van der Waals surface area contributed by atoms with Crippen LogP contribution in [-0.2, 0) is 0 Å². The second-order valence-corrected chi connectivity index (χ2v) is 6.11. The highest BCUT2D eigenvalue weighted by atomic mass is 32.2. The van der Waals surface area contributed by atoms with Gasteiger partial charge in [-0.2, -0.15) is 0 Å². The predicted octanol–water partition coefficient (Wildman–Crippen LogP) is 3.18. The van der Waals surface area contributed by atoms with Crippen LogP contribution in [-0.4, -0.2) is 35.4 Å². The number of hydrogen-bond donors (Lipinski definition) is 1. The molecular formula is C14H16N2O3S2. The maximum absolute atomic E-state index is 11.6. The van der Waals surface area contributed by atoms with Gasteiger partial charge in [-0.15, -0.1) is 0 Å². The van der Waals surface area contributed by atoms with Crippen LogP contribution in [0.5, 0.6) is 5.88 Å². The van der Waals surface area contributed by atoms with E-state index in [1.165, 1.54) is 18.7 Å². The van der Waals surface area contributed by atoms with Crippen molar-refractivity contribution in [3.05, 3.63) is 36.1 Å². The average Bonchev–Trinajstić information content (AvgIpc) is 2.83. The first-order valence-electron chi connectivity index (χ1n) is 6.34. The van der Waals surface area contributed by atoms with E-state index in [1.54, 1.807) is 4.31 Å². The minimum Gasteiger partial charge on any atom is -0.473 e. The first kappa shape index (κ1) is 15.9. The molecule has 2 aromatic rings. The van der Waals surface area contributed by atoms with Gasteiger partial charge in [-0.25, -0.2) is 0 Å². The quantitative estimate of drug-likeness (QED) is 0.623. The lowest BCUT2D eigenvalue weighted by atomic mass is 10.3. The highest BCUT2D eigenvalue weighted by Crippen LogP contribution is 2.37. The smallest absolute Gasteiger partial charge is 0.269 e. The first-order chi connectivity index (χ1) is 10.1. The van der Waals surface area contributed by atoms with Crippen LogP contribution in [0.25, 0.3) is 0 Å². The third kappa shape index (κ3) is 4.52. The number of Topliss-reactive ketones (excluding diaryl/α,β-unsaturated/α-hetero) is 1. The third-order valence-corrected chi connectivity index (χ3v) is 3.83. The molecule has 0 spiro atoms. The zero-order valence-corrected chi connectivity index (χ0v) is 13.5. The van der Waals surface area contributed by atoms with Crippen LogP contribution in [0.1, 0.15) is 17.5 Å². The van der Waals surface area contributed by atoms with Crippen molar-refractivity contribution in [1.82, 2.24) is 9.46 Å². The zero-order valence-electron chi connectivity index (χ0n) is 11.8. The molecule has 0 N–H and O–H groups in total. The van der Waals surface area contributed by atoms with Gasteiger partial charge < -0.3 is 9.26 Å². The van der Waals surface area contributed by atoms with Gasteiger partial charge in [-0.1, -0.05) is 42.8 Å². The lowest BCUT2D eigenvalue weighted by Gasteiger charge is -2.09. The van der Waals surface area contributed by atoms with Crippen molar-refractivity contribution in [3.8, 4) is 5.88 Å². The average molecular weight is 324 g/mol. The van der Waals surface area contributed by atoms with E-state index in [1.807, 2.05) is 37.4 Å². The van der Waals surface area contributed by atoms with Crippen LogP contribution in [0.2, 0.25) is 0 Å². The molecule has 5 nitrogen and oxygen atoms in total. The molecule has 1 heterocycles. The molecule has 0 aliphatic heterocycles. The summed E-state index contributed by atoms with van der Waals surface area (Å²) in [4.78, 5) is 13.2. The van der Waals surface area contributed by atoms with Crippen LogP contribution in [0.3, 0.4) is 0 Å². The summed E-state index contributed by atoms with van der Waals surface area (Å²) in [6, 6.07) is 9.70. The van der Waals surface area contributed by atoms with Gasteiger partial charge in [0.05, 0.1) is 0 Å². The molecule has 0 amide bonds. The number of rotatable bonds is 7. The topological polar surface area (TPSA) is 55.6 Å². The molecule has 1 aromatic heterocycles. The second kappa shape index (κ2) is 7.53. The van der Waals surface area contributed by atoms with E-state index in [0.717, 1.165) is 4.90 Å². The van der Waals surface area contributed by atoms with Gasteiger partial charge in [-0.05, 0) is 24.3 Å². The van der Waals surface area contributed by atoms with Crippen molar-refractivity contribution < 1.29 is 14.1 Å². The Morgan fingerprint density at radius 1 is 1.43 bits per heavy atom. The number of likely N-dealkylation sites (N-methyl/N-ethyl adjacent to an activating group) is 1. The number of hydrogen-bond acceptors (Lipinski definition) is 7. The van der Waals surface area contributed by atoms with Gasteiger partial charge in [0.1, 0.15) is 11.5 Å². The Labute approximate surface area is 133 Å². The van der Waals surface area contributed by atoms with Crippen molar-refractivity contribution in [2.45, 2.75) is 16.7 Å². The summed E-state index contributed by atoms with van der Waals surface area (Å²) in [5.74, 6) is 0.379. The molecule has 0 atom stereocenters. The number of ether oxygens (including phenoxy) is 1. The highest BCUT2D eigenvalue weighted by Gasteiger charge is 2.22. The molecule has 2 rings (SSSR count). The minimum absolute atomic E-state index is 0.179. The van der Waals surface area contributed by atoms with Gasteiger partial charge >= 0.3 is 0 Å². The van der Waals surface area contributed by atoms with E-state index in [2.05, 4.69) is 18.0 Å². The monoisotopic (exact) mass is 324 g/mol. The third-order valence-electron chi connectivity index (χ3n) is 2.56. The molecule has 0 saturated heterocycles. The van der Waals surface area contributed by atoms with Gasteiger partial charge in [0.2, 0.25) is 5.76 Å². The number of aromatic nitrogens is 1. The summed E-state index contributed by atoms with van der Waals surface area (Å²) in [7, 11) is 1.83. The number of nitrogens with zero attached hydrogens (tertiary/aromatic N) is 2. The number of carbonyl (C=O) groups is 1. The minimum atomic E-state index is -0.179. The molecule has 0 fully saturated rings. The van der Waals surface area contributed by atoms with E-state index in [0.29, 0.717) is 23.9 Å². The zero-order chi connectivity index (χ0) is 15.2. The molecule has 7 heteroatoms. The Bertz CT molecular complexity index is 600. The lowest BCUT2D eigenvalue weighted by Crippen LogP contribution is -2.15. The Hall–Kier alpha value is -1.44. The molecule has 21 heavy (non-hydrogen) atoms. The van der Waals surface area contributed by atoms with E-state index < -0.39 is 0 Å². The molecule has 0 aliphatic rings. The predicted molar refractivity (Wildman–Crippen MR) is 84.2 cm³/mol. The van der Waals surface area contributed by atoms with Crippen molar-refractivity contribution in [2.75, 3.05) is 20.2 Å². The van der Waals surface area contributed by atoms with Crippen LogP contribution in [0, 0.1) is 0 Å². The molecule has 0 bridgehead atoms. The maximum Gasteiger partial charge on any atom is 0.269 e. The molecular weight excluding hydrogens is 308 g/mol. The number of thiol groups is 1. The molecule has 0 radical (unpaired) electrons. The van der Waals surface area contributed by atoms with Crippen molar-refractivity contribution in [1.29, 1.82) is 0 Å².